The second-order valence-corrected chi connectivity index (χ2v) is 7.66. The fraction of sp³-hybridized carbons (Fsp3) is 0.158. The summed E-state index contributed by atoms with van der Waals surface area (Å²) in [5.74, 6) is -0.946. The van der Waals surface area contributed by atoms with Crippen molar-refractivity contribution in [2.75, 3.05) is 4.90 Å². The molecular weight excluding hydrogens is 386 g/mol. The van der Waals surface area contributed by atoms with Gasteiger partial charge >= 0.3 is 6.03 Å². The number of para-hydroxylation sites is 1. The van der Waals surface area contributed by atoms with E-state index in [0.29, 0.717) is 16.4 Å². The second kappa shape index (κ2) is 7.16. The average Bonchev–Trinajstić information content (AvgIpc) is 3.09. The first-order chi connectivity index (χ1) is 13.5. The number of anilines is 1. The molecule has 1 aliphatic heterocycles. The van der Waals surface area contributed by atoms with Crippen LogP contribution >= 0.6 is 0 Å². The van der Waals surface area contributed by atoms with Crippen molar-refractivity contribution < 1.29 is 17.8 Å². The lowest BCUT2D eigenvalue weighted by Crippen LogP contribution is -2.48. The van der Waals surface area contributed by atoms with Crippen LogP contribution in [-0.2, 0) is 31.1 Å². The van der Waals surface area contributed by atoms with E-state index in [-0.39, 0.29) is 18.7 Å². The first-order valence-corrected chi connectivity index (χ1v) is 9.57. The van der Waals surface area contributed by atoms with Crippen molar-refractivity contribution in [3.8, 4) is 0 Å². The number of aryl methyl sites for hydroxylation is 1. The summed E-state index contributed by atoms with van der Waals surface area (Å²) in [6.07, 6.45) is 3.29. The summed E-state index contributed by atoms with van der Waals surface area (Å²) in [6, 6.07) is 9.57. The minimum absolute atomic E-state index is 0.000464. The highest BCUT2D eigenvalue weighted by Crippen LogP contribution is 2.34. The summed E-state index contributed by atoms with van der Waals surface area (Å²) < 4.78 is 44.2. The van der Waals surface area contributed by atoms with E-state index in [1.807, 2.05) is 0 Å². The Bertz CT molecular complexity index is 1070. The van der Waals surface area contributed by atoms with Gasteiger partial charge in [-0.15, -0.1) is 0 Å². The average molecular weight is 402 g/mol. The van der Waals surface area contributed by atoms with E-state index in [0.717, 1.165) is 16.4 Å². The van der Waals surface area contributed by atoms with Gasteiger partial charge in [-0.3, -0.25) is 4.90 Å². The van der Waals surface area contributed by atoms with E-state index < -0.39 is 28.7 Å². The van der Waals surface area contributed by atoms with Crippen molar-refractivity contribution in [1.29, 1.82) is 0 Å². The number of fused-ring (bicyclic) bond motifs is 1. The van der Waals surface area contributed by atoms with Crippen LogP contribution in [0.4, 0.5) is 19.3 Å². The highest BCUT2D eigenvalue weighted by Gasteiger charge is 2.37. The fourth-order valence-corrected chi connectivity index (χ4v) is 4.32. The third-order valence-electron chi connectivity index (χ3n) is 4.57. The second-order valence-electron chi connectivity index (χ2n) is 6.28. The molecule has 0 bridgehead atoms. The Kier molecular flexibility index (Phi) is 4.68. The predicted molar refractivity (Wildman–Crippen MR) is 99.5 cm³/mol. The number of benzene rings is 2. The molecule has 0 spiro atoms. The number of hydrogen-bond donors (Lipinski definition) is 0. The molecule has 144 valence electrons. The Morgan fingerprint density at radius 1 is 1.04 bits per heavy atom. The maximum atomic E-state index is 14.2. The molecule has 4 rings (SSSR count). The topological polar surface area (TPSA) is 58.4 Å². The molecule has 2 aromatic carbocycles. The Labute approximate surface area is 162 Å². The van der Waals surface area contributed by atoms with Gasteiger partial charge in [0.25, 0.3) is 0 Å². The molecule has 0 N–H and O–H groups in total. The summed E-state index contributed by atoms with van der Waals surface area (Å²) in [5.41, 5.74) is 0.139. The number of nitrogens with zero attached hydrogens (tertiary/aromatic N) is 4. The predicted octanol–water partition coefficient (Wildman–Crippen LogP) is 3.36. The molecule has 0 radical (unpaired) electrons. The zero-order valence-corrected chi connectivity index (χ0v) is 15.7. The van der Waals surface area contributed by atoms with Gasteiger partial charge in [-0.1, -0.05) is 18.2 Å². The van der Waals surface area contributed by atoms with Gasteiger partial charge in [0.15, 0.2) is 11.0 Å². The first kappa shape index (κ1) is 18.3. The van der Waals surface area contributed by atoms with Crippen molar-refractivity contribution >= 4 is 22.7 Å². The quantitative estimate of drug-likeness (QED) is 0.672. The summed E-state index contributed by atoms with van der Waals surface area (Å²) in [6.45, 7) is -0.317. The normalized spacial score (nSPS) is 16.4. The Morgan fingerprint density at radius 2 is 1.75 bits per heavy atom. The number of amides is 2. The molecule has 1 unspecified atom stereocenters. The SMILES string of the molecule is Cn1ccnc1CN1C(=O)N(Cc2c(F)cccc2F)c2ccccc2S1=O. The molecule has 2 amide bonds. The number of imidazole rings is 1. The molecule has 0 aliphatic carbocycles. The van der Waals surface area contributed by atoms with Crippen LogP contribution in [0.5, 0.6) is 0 Å². The highest BCUT2D eigenvalue weighted by molar-refractivity contribution is 7.83. The van der Waals surface area contributed by atoms with Crippen LogP contribution < -0.4 is 4.90 Å². The molecule has 1 aliphatic rings. The van der Waals surface area contributed by atoms with Crippen LogP contribution in [0.25, 0.3) is 0 Å². The Hall–Kier alpha value is -3.07. The maximum Gasteiger partial charge on any atom is 0.337 e. The number of carbonyl (C=O) groups excluding carboxylic acids is 1. The fourth-order valence-electron chi connectivity index (χ4n) is 3.05. The van der Waals surface area contributed by atoms with E-state index in [2.05, 4.69) is 4.98 Å². The molecule has 0 saturated heterocycles. The van der Waals surface area contributed by atoms with Crippen LogP contribution in [0.1, 0.15) is 11.4 Å². The summed E-state index contributed by atoms with van der Waals surface area (Å²) in [4.78, 5) is 18.9. The first-order valence-electron chi connectivity index (χ1n) is 8.46. The number of halogens is 2. The van der Waals surface area contributed by atoms with Gasteiger partial charge in [-0.2, -0.15) is 0 Å². The van der Waals surface area contributed by atoms with Gasteiger partial charge in [-0.05, 0) is 24.3 Å². The summed E-state index contributed by atoms with van der Waals surface area (Å²) in [7, 11) is -0.00000672. The maximum absolute atomic E-state index is 14.2. The number of urea groups is 1. The molecule has 1 aromatic heterocycles. The van der Waals surface area contributed by atoms with Gasteiger partial charge in [0.05, 0.1) is 23.7 Å². The van der Waals surface area contributed by atoms with Crippen molar-refractivity contribution in [2.24, 2.45) is 7.05 Å². The minimum Gasteiger partial charge on any atom is -0.336 e. The van der Waals surface area contributed by atoms with Crippen LogP contribution in [-0.4, -0.2) is 24.1 Å². The number of aromatic nitrogens is 2. The molecule has 2 heterocycles. The van der Waals surface area contributed by atoms with E-state index in [9.17, 15) is 17.8 Å². The van der Waals surface area contributed by atoms with Crippen molar-refractivity contribution in [3.63, 3.8) is 0 Å². The molecular formula is C19H16F2N4O2S. The largest absolute Gasteiger partial charge is 0.337 e. The summed E-state index contributed by atoms with van der Waals surface area (Å²) >= 11 is 0. The lowest BCUT2D eigenvalue weighted by Gasteiger charge is -2.35. The Morgan fingerprint density at radius 3 is 2.43 bits per heavy atom. The molecule has 9 heteroatoms. The zero-order valence-electron chi connectivity index (χ0n) is 14.9. The van der Waals surface area contributed by atoms with Crippen molar-refractivity contribution in [1.82, 2.24) is 13.9 Å². The van der Waals surface area contributed by atoms with E-state index in [1.165, 1.54) is 11.0 Å². The third kappa shape index (κ3) is 3.07. The van der Waals surface area contributed by atoms with E-state index in [1.54, 1.807) is 48.3 Å². The van der Waals surface area contributed by atoms with Crippen LogP contribution in [0.3, 0.4) is 0 Å². The van der Waals surface area contributed by atoms with E-state index in [4.69, 9.17) is 0 Å². The van der Waals surface area contributed by atoms with Gasteiger partial charge in [0, 0.05) is 25.0 Å². The summed E-state index contributed by atoms with van der Waals surface area (Å²) in [5, 5.41) is 0. The molecule has 0 saturated carbocycles. The van der Waals surface area contributed by atoms with Gasteiger partial charge in [-0.25, -0.2) is 27.1 Å². The lowest BCUT2D eigenvalue weighted by atomic mass is 10.1. The molecule has 0 fully saturated rings. The number of carbonyl (C=O) groups is 1. The molecule has 28 heavy (non-hydrogen) atoms. The highest BCUT2D eigenvalue weighted by atomic mass is 32.2. The van der Waals surface area contributed by atoms with Gasteiger partial charge in [0.1, 0.15) is 17.5 Å². The van der Waals surface area contributed by atoms with Crippen molar-refractivity contribution in [2.45, 2.75) is 18.0 Å². The number of hydrogen-bond acceptors (Lipinski definition) is 3. The smallest absolute Gasteiger partial charge is 0.336 e. The van der Waals surface area contributed by atoms with Crippen molar-refractivity contribution in [3.05, 3.63) is 77.9 Å². The number of rotatable bonds is 4. The molecule has 6 nitrogen and oxygen atoms in total. The monoisotopic (exact) mass is 402 g/mol. The third-order valence-corrected chi connectivity index (χ3v) is 5.98. The van der Waals surface area contributed by atoms with Crippen LogP contribution in [0.15, 0.2) is 59.8 Å². The van der Waals surface area contributed by atoms with Crippen LogP contribution in [0, 0.1) is 11.6 Å². The van der Waals surface area contributed by atoms with Gasteiger partial charge < -0.3 is 4.57 Å². The zero-order chi connectivity index (χ0) is 19.8. The Balaban J connectivity index is 1.76. The lowest BCUT2D eigenvalue weighted by molar-refractivity contribution is 0.227. The minimum atomic E-state index is -1.76. The molecule has 1 atom stereocenters. The van der Waals surface area contributed by atoms with E-state index >= 15 is 0 Å². The van der Waals surface area contributed by atoms with Gasteiger partial charge in [0.2, 0.25) is 0 Å². The van der Waals surface area contributed by atoms with Crippen LogP contribution in [0.2, 0.25) is 0 Å². The standard InChI is InChI=1S/C19H16F2N4O2S/c1-23-10-9-22-18(23)12-25-19(26)24(11-13-14(20)5-4-6-15(13)21)16-7-2-3-8-17(16)28(25)27/h2-10H,11-12H2,1H3. The molecule has 3 aromatic rings.